The first-order valence-electron chi connectivity index (χ1n) is 6.67. The van der Waals surface area contributed by atoms with Crippen LogP contribution in [0.15, 0.2) is 0 Å². The van der Waals surface area contributed by atoms with Crippen LogP contribution < -0.4 is 0 Å². The zero-order valence-electron chi connectivity index (χ0n) is 10.8. The highest BCUT2D eigenvalue weighted by molar-refractivity contribution is 4.71. The molecule has 1 saturated heterocycles. The molecule has 2 heteroatoms. The smallest absolute Gasteiger partial charge is 0.0110 e. The lowest BCUT2D eigenvalue weighted by Gasteiger charge is -2.34. The standard InChI is InChI=1S/C13H28N2/c1-4-7-14-9-11-15(12-10-14)8-5-6-13(2)3/h13H,4-12H2,1-3H3. The molecule has 0 bridgehead atoms. The number of rotatable bonds is 6. The Morgan fingerprint density at radius 1 is 0.933 bits per heavy atom. The fourth-order valence-corrected chi connectivity index (χ4v) is 2.28. The maximum atomic E-state index is 2.63. The molecule has 0 unspecified atom stereocenters. The van der Waals surface area contributed by atoms with Gasteiger partial charge < -0.3 is 9.80 Å². The highest BCUT2D eigenvalue weighted by Crippen LogP contribution is 2.07. The van der Waals surface area contributed by atoms with E-state index in [0.717, 1.165) is 5.92 Å². The molecule has 1 heterocycles. The topological polar surface area (TPSA) is 6.48 Å². The highest BCUT2D eigenvalue weighted by atomic mass is 15.3. The summed E-state index contributed by atoms with van der Waals surface area (Å²) in [6.07, 6.45) is 4.06. The molecule has 1 aliphatic rings. The molecule has 0 atom stereocenters. The summed E-state index contributed by atoms with van der Waals surface area (Å²) in [6, 6.07) is 0. The normalized spacial score (nSPS) is 20.0. The molecule has 0 amide bonds. The maximum absolute atomic E-state index is 2.63. The molecule has 0 spiro atoms. The summed E-state index contributed by atoms with van der Waals surface area (Å²) >= 11 is 0. The first-order valence-corrected chi connectivity index (χ1v) is 6.67. The van der Waals surface area contributed by atoms with Gasteiger partial charge in [-0.15, -0.1) is 0 Å². The van der Waals surface area contributed by atoms with E-state index < -0.39 is 0 Å². The Morgan fingerprint density at radius 2 is 1.47 bits per heavy atom. The zero-order chi connectivity index (χ0) is 11.1. The SMILES string of the molecule is CCCN1CCN(CCCC(C)C)CC1. The summed E-state index contributed by atoms with van der Waals surface area (Å²) in [5, 5.41) is 0. The van der Waals surface area contributed by atoms with Crippen molar-refractivity contribution in [2.45, 2.75) is 40.0 Å². The van der Waals surface area contributed by atoms with Crippen LogP contribution >= 0.6 is 0 Å². The Hall–Kier alpha value is -0.0800. The minimum Gasteiger partial charge on any atom is -0.301 e. The first-order chi connectivity index (χ1) is 7.22. The molecule has 0 N–H and O–H groups in total. The van der Waals surface area contributed by atoms with Gasteiger partial charge in [-0.25, -0.2) is 0 Å². The fraction of sp³-hybridized carbons (Fsp3) is 1.00. The lowest BCUT2D eigenvalue weighted by molar-refractivity contribution is 0.130. The van der Waals surface area contributed by atoms with Crippen molar-refractivity contribution in [1.82, 2.24) is 9.80 Å². The molecule has 1 aliphatic heterocycles. The van der Waals surface area contributed by atoms with Gasteiger partial charge in [-0.05, 0) is 38.3 Å². The van der Waals surface area contributed by atoms with Crippen LogP contribution in [-0.2, 0) is 0 Å². The van der Waals surface area contributed by atoms with Crippen molar-refractivity contribution in [2.24, 2.45) is 5.92 Å². The maximum Gasteiger partial charge on any atom is 0.0110 e. The van der Waals surface area contributed by atoms with Crippen LogP contribution in [0.4, 0.5) is 0 Å². The van der Waals surface area contributed by atoms with Crippen LogP contribution in [0.5, 0.6) is 0 Å². The van der Waals surface area contributed by atoms with E-state index in [-0.39, 0.29) is 0 Å². The van der Waals surface area contributed by atoms with Gasteiger partial charge in [-0.2, -0.15) is 0 Å². The average Bonchev–Trinajstić information content (AvgIpc) is 2.20. The summed E-state index contributed by atoms with van der Waals surface area (Å²) in [6.45, 7) is 14.7. The van der Waals surface area contributed by atoms with E-state index in [9.17, 15) is 0 Å². The van der Waals surface area contributed by atoms with Crippen molar-refractivity contribution in [3.8, 4) is 0 Å². The predicted octanol–water partition coefficient (Wildman–Crippen LogP) is 2.45. The molecule has 2 nitrogen and oxygen atoms in total. The molecular weight excluding hydrogens is 184 g/mol. The third-order valence-corrected chi connectivity index (χ3v) is 3.26. The van der Waals surface area contributed by atoms with Crippen molar-refractivity contribution in [3.05, 3.63) is 0 Å². The van der Waals surface area contributed by atoms with Gasteiger partial charge in [0, 0.05) is 26.2 Å². The van der Waals surface area contributed by atoms with Crippen molar-refractivity contribution >= 4 is 0 Å². The van der Waals surface area contributed by atoms with Gasteiger partial charge in [0.2, 0.25) is 0 Å². The summed E-state index contributed by atoms with van der Waals surface area (Å²) in [5.74, 6) is 0.867. The van der Waals surface area contributed by atoms with Gasteiger partial charge in [0.15, 0.2) is 0 Å². The average molecular weight is 212 g/mol. The second-order valence-corrected chi connectivity index (χ2v) is 5.22. The van der Waals surface area contributed by atoms with Gasteiger partial charge in [-0.3, -0.25) is 0 Å². The van der Waals surface area contributed by atoms with E-state index in [4.69, 9.17) is 0 Å². The Bertz CT molecular complexity index is 149. The predicted molar refractivity (Wildman–Crippen MR) is 67.2 cm³/mol. The molecule has 1 rings (SSSR count). The molecular formula is C13H28N2. The van der Waals surface area contributed by atoms with E-state index in [1.54, 1.807) is 0 Å². The lowest BCUT2D eigenvalue weighted by atomic mass is 10.1. The molecule has 0 radical (unpaired) electrons. The molecule has 0 aromatic heterocycles. The van der Waals surface area contributed by atoms with Crippen LogP contribution in [0.2, 0.25) is 0 Å². The lowest BCUT2D eigenvalue weighted by Crippen LogP contribution is -2.46. The highest BCUT2D eigenvalue weighted by Gasteiger charge is 2.15. The summed E-state index contributed by atoms with van der Waals surface area (Å²) in [4.78, 5) is 5.23. The Kier molecular flexibility index (Phi) is 6.26. The number of piperazine rings is 1. The molecule has 0 saturated carbocycles. The van der Waals surface area contributed by atoms with Crippen LogP contribution in [-0.4, -0.2) is 49.1 Å². The van der Waals surface area contributed by atoms with E-state index >= 15 is 0 Å². The summed E-state index contributed by atoms with van der Waals surface area (Å²) < 4.78 is 0. The van der Waals surface area contributed by atoms with Crippen LogP contribution in [0.25, 0.3) is 0 Å². The first kappa shape index (κ1) is 13.0. The quantitative estimate of drug-likeness (QED) is 0.667. The van der Waals surface area contributed by atoms with Gasteiger partial charge in [0.1, 0.15) is 0 Å². The van der Waals surface area contributed by atoms with Gasteiger partial charge in [0.05, 0.1) is 0 Å². The minimum atomic E-state index is 0.867. The Morgan fingerprint density at radius 3 is 1.93 bits per heavy atom. The largest absolute Gasteiger partial charge is 0.301 e. The number of hydrogen-bond acceptors (Lipinski definition) is 2. The van der Waals surface area contributed by atoms with Gasteiger partial charge in [-0.1, -0.05) is 20.8 Å². The number of nitrogens with zero attached hydrogens (tertiary/aromatic N) is 2. The summed E-state index contributed by atoms with van der Waals surface area (Å²) in [5.41, 5.74) is 0. The molecule has 90 valence electrons. The number of hydrogen-bond donors (Lipinski definition) is 0. The molecule has 0 aromatic carbocycles. The zero-order valence-corrected chi connectivity index (χ0v) is 10.8. The van der Waals surface area contributed by atoms with Crippen molar-refractivity contribution in [2.75, 3.05) is 39.3 Å². The van der Waals surface area contributed by atoms with E-state index in [2.05, 4.69) is 30.6 Å². The fourth-order valence-electron chi connectivity index (χ4n) is 2.28. The molecule has 1 fully saturated rings. The van der Waals surface area contributed by atoms with Gasteiger partial charge in [0.25, 0.3) is 0 Å². The van der Waals surface area contributed by atoms with Crippen molar-refractivity contribution in [1.29, 1.82) is 0 Å². The van der Waals surface area contributed by atoms with Gasteiger partial charge >= 0.3 is 0 Å². The van der Waals surface area contributed by atoms with E-state index in [1.165, 1.54) is 58.5 Å². The molecule has 0 aromatic rings. The molecule has 0 aliphatic carbocycles. The third kappa shape index (κ3) is 5.53. The second kappa shape index (κ2) is 7.24. The van der Waals surface area contributed by atoms with E-state index in [1.807, 2.05) is 0 Å². The Labute approximate surface area is 95.6 Å². The second-order valence-electron chi connectivity index (χ2n) is 5.22. The molecule has 15 heavy (non-hydrogen) atoms. The monoisotopic (exact) mass is 212 g/mol. The van der Waals surface area contributed by atoms with Crippen LogP contribution in [0, 0.1) is 5.92 Å². The third-order valence-electron chi connectivity index (χ3n) is 3.26. The summed E-state index contributed by atoms with van der Waals surface area (Å²) in [7, 11) is 0. The minimum absolute atomic E-state index is 0.867. The van der Waals surface area contributed by atoms with Crippen molar-refractivity contribution in [3.63, 3.8) is 0 Å². The Balaban J connectivity index is 2.04. The van der Waals surface area contributed by atoms with Crippen LogP contribution in [0.3, 0.4) is 0 Å². The van der Waals surface area contributed by atoms with E-state index in [0.29, 0.717) is 0 Å². The van der Waals surface area contributed by atoms with Crippen molar-refractivity contribution < 1.29 is 0 Å². The van der Waals surface area contributed by atoms with Crippen LogP contribution in [0.1, 0.15) is 40.0 Å².